The van der Waals surface area contributed by atoms with Gasteiger partial charge < -0.3 is 5.73 Å². The molecule has 1 aromatic rings. The SMILES string of the molecule is CC1(C)CCCC1c1nc(N)n[nH]1. The van der Waals surface area contributed by atoms with E-state index in [4.69, 9.17) is 5.73 Å². The molecule has 1 aliphatic rings. The maximum Gasteiger partial charge on any atom is 0.239 e. The van der Waals surface area contributed by atoms with Crippen molar-refractivity contribution in [2.24, 2.45) is 5.41 Å². The molecule has 0 bridgehead atoms. The summed E-state index contributed by atoms with van der Waals surface area (Å²) < 4.78 is 0. The lowest BCUT2D eigenvalue weighted by atomic mass is 9.81. The Labute approximate surface area is 77.9 Å². The first-order valence-corrected chi connectivity index (χ1v) is 4.77. The second-order valence-electron chi connectivity index (χ2n) is 4.51. The number of nitrogens with two attached hydrogens (primary N) is 1. The Balaban J connectivity index is 2.26. The third-order valence-electron chi connectivity index (χ3n) is 3.11. The van der Waals surface area contributed by atoms with Crippen LogP contribution in [-0.2, 0) is 0 Å². The second-order valence-corrected chi connectivity index (χ2v) is 4.51. The fourth-order valence-electron chi connectivity index (χ4n) is 2.28. The average Bonchev–Trinajstić information content (AvgIpc) is 2.56. The highest BCUT2D eigenvalue weighted by molar-refractivity contribution is 5.16. The lowest BCUT2D eigenvalue weighted by molar-refractivity contribution is 0.322. The Kier molecular flexibility index (Phi) is 1.78. The predicted octanol–water partition coefficient (Wildman–Crippen LogP) is 1.68. The maximum atomic E-state index is 5.48. The summed E-state index contributed by atoms with van der Waals surface area (Å²) in [6.45, 7) is 4.56. The molecule has 3 N–H and O–H groups in total. The van der Waals surface area contributed by atoms with E-state index in [1.54, 1.807) is 0 Å². The van der Waals surface area contributed by atoms with Gasteiger partial charge in [-0.05, 0) is 18.3 Å². The molecule has 1 saturated carbocycles. The summed E-state index contributed by atoms with van der Waals surface area (Å²) in [6, 6.07) is 0. The van der Waals surface area contributed by atoms with E-state index in [1.807, 2.05) is 0 Å². The molecule has 0 aliphatic heterocycles. The highest BCUT2D eigenvalue weighted by Gasteiger charge is 2.37. The Morgan fingerprint density at radius 1 is 1.54 bits per heavy atom. The third kappa shape index (κ3) is 1.41. The quantitative estimate of drug-likeness (QED) is 0.691. The average molecular weight is 180 g/mol. The van der Waals surface area contributed by atoms with Crippen LogP contribution in [0, 0.1) is 5.41 Å². The minimum Gasteiger partial charge on any atom is -0.367 e. The van der Waals surface area contributed by atoms with Crippen LogP contribution in [0.15, 0.2) is 0 Å². The van der Waals surface area contributed by atoms with Gasteiger partial charge >= 0.3 is 0 Å². The van der Waals surface area contributed by atoms with Gasteiger partial charge in [-0.25, -0.2) is 0 Å². The van der Waals surface area contributed by atoms with Crippen LogP contribution in [0.4, 0.5) is 5.95 Å². The Morgan fingerprint density at radius 3 is 2.77 bits per heavy atom. The third-order valence-corrected chi connectivity index (χ3v) is 3.11. The first-order chi connectivity index (χ1) is 6.09. The Bertz CT molecular complexity index is 302. The molecule has 1 aliphatic carbocycles. The topological polar surface area (TPSA) is 67.6 Å². The van der Waals surface area contributed by atoms with Gasteiger partial charge in [0.1, 0.15) is 5.82 Å². The van der Waals surface area contributed by atoms with Crippen molar-refractivity contribution in [3.05, 3.63) is 5.82 Å². The van der Waals surface area contributed by atoms with Gasteiger partial charge in [-0.3, -0.25) is 5.10 Å². The first-order valence-electron chi connectivity index (χ1n) is 4.77. The molecule has 13 heavy (non-hydrogen) atoms. The lowest BCUT2D eigenvalue weighted by Gasteiger charge is -2.24. The van der Waals surface area contributed by atoms with Crippen molar-refractivity contribution < 1.29 is 0 Å². The molecule has 1 heterocycles. The van der Waals surface area contributed by atoms with E-state index in [-0.39, 0.29) is 0 Å². The number of aromatic nitrogens is 3. The molecule has 4 heteroatoms. The van der Waals surface area contributed by atoms with Crippen LogP contribution in [0.2, 0.25) is 0 Å². The smallest absolute Gasteiger partial charge is 0.239 e. The van der Waals surface area contributed by atoms with Crippen LogP contribution in [0.3, 0.4) is 0 Å². The number of H-pyrrole nitrogens is 1. The van der Waals surface area contributed by atoms with Gasteiger partial charge in [0, 0.05) is 5.92 Å². The Morgan fingerprint density at radius 2 is 2.31 bits per heavy atom. The number of nitrogen functional groups attached to an aromatic ring is 1. The zero-order chi connectivity index (χ0) is 9.47. The highest BCUT2D eigenvalue weighted by Crippen LogP contribution is 2.47. The first kappa shape index (κ1) is 8.53. The fourth-order valence-corrected chi connectivity index (χ4v) is 2.28. The summed E-state index contributed by atoms with van der Waals surface area (Å²) in [5.74, 6) is 1.81. The minimum atomic E-state index is 0.339. The summed E-state index contributed by atoms with van der Waals surface area (Å²) in [4.78, 5) is 4.20. The van der Waals surface area contributed by atoms with E-state index in [1.165, 1.54) is 19.3 Å². The summed E-state index contributed by atoms with van der Waals surface area (Å²) in [5, 5.41) is 6.79. The van der Waals surface area contributed by atoms with E-state index in [0.29, 0.717) is 17.3 Å². The van der Waals surface area contributed by atoms with E-state index in [0.717, 1.165) is 5.82 Å². The van der Waals surface area contributed by atoms with E-state index < -0.39 is 0 Å². The monoisotopic (exact) mass is 180 g/mol. The van der Waals surface area contributed by atoms with Crippen LogP contribution in [-0.4, -0.2) is 15.2 Å². The van der Waals surface area contributed by atoms with Gasteiger partial charge in [0.2, 0.25) is 5.95 Å². The molecule has 0 saturated heterocycles. The molecule has 0 radical (unpaired) electrons. The van der Waals surface area contributed by atoms with Crippen molar-refractivity contribution in [3.63, 3.8) is 0 Å². The summed E-state index contributed by atoms with van der Waals surface area (Å²) in [6.07, 6.45) is 3.73. The molecular weight excluding hydrogens is 164 g/mol. The van der Waals surface area contributed by atoms with Gasteiger partial charge in [0.15, 0.2) is 0 Å². The summed E-state index contributed by atoms with van der Waals surface area (Å²) in [5.41, 5.74) is 5.82. The summed E-state index contributed by atoms with van der Waals surface area (Å²) in [7, 11) is 0. The molecule has 4 nitrogen and oxygen atoms in total. The van der Waals surface area contributed by atoms with Crippen molar-refractivity contribution in [1.82, 2.24) is 15.2 Å². The number of nitrogens with zero attached hydrogens (tertiary/aromatic N) is 2. The molecule has 1 atom stereocenters. The maximum absolute atomic E-state index is 5.48. The van der Waals surface area contributed by atoms with Crippen LogP contribution < -0.4 is 5.73 Å². The molecule has 0 aromatic carbocycles. The second kappa shape index (κ2) is 2.72. The molecule has 2 rings (SSSR count). The van der Waals surface area contributed by atoms with Gasteiger partial charge in [-0.1, -0.05) is 20.3 Å². The highest BCUT2D eigenvalue weighted by atomic mass is 15.3. The molecule has 0 amide bonds. The van der Waals surface area contributed by atoms with Gasteiger partial charge in [-0.15, -0.1) is 5.10 Å². The summed E-state index contributed by atoms with van der Waals surface area (Å²) >= 11 is 0. The van der Waals surface area contributed by atoms with E-state index in [9.17, 15) is 0 Å². The van der Waals surface area contributed by atoms with Crippen molar-refractivity contribution in [1.29, 1.82) is 0 Å². The van der Waals surface area contributed by atoms with Crippen LogP contribution >= 0.6 is 0 Å². The van der Waals surface area contributed by atoms with Crippen LogP contribution in [0.5, 0.6) is 0 Å². The van der Waals surface area contributed by atoms with Crippen molar-refractivity contribution in [3.8, 4) is 0 Å². The van der Waals surface area contributed by atoms with Gasteiger partial charge in [-0.2, -0.15) is 4.98 Å². The number of hydrogen-bond acceptors (Lipinski definition) is 3. The lowest BCUT2D eigenvalue weighted by Crippen LogP contribution is -2.16. The standard InChI is InChI=1S/C9H16N4/c1-9(2)5-3-4-6(9)7-11-8(10)13-12-7/h6H,3-5H2,1-2H3,(H3,10,11,12,13). The minimum absolute atomic E-state index is 0.339. The number of rotatable bonds is 1. The van der Waals surface area contributed by atoms with Gasteiger partial charge in [0.25, 0.3) is 0 Å². The number of hydrogen-bond donors (Lipinski definition) is 2. The van der Waals surface area contributed by atoms with Gasteiger partial charge in [0.05, 0.1) is 0 Å². The van der Waals surface area contributed by atoms with Crippen LogP contribution in [0.1, 0.15) is 44.9 Å². The Hall–Kier alpha value is -1.06. The zero-order valence-electron chi connectivity index (χ0n) is 8.17. The van der Waals surface area contributed by atoms with Crippen LogP contribution in [0.25, 0.3) is 0 Å². The molecule has 1 fully saturated rings. The van der Waals surface area contributed by atoms with Crippen molar-refractivity contribution >= 4 is 5.95 Å². The van der Waals surface area contributed by atoms with E-state index in [2.05, 4.69) is 29.0 Å². The normalized spacial score (nSPS) is 26.5. The number of aromatic amines is 1. The molecule has 72 valence electrons. The number of anilines is 1. The van der Waals surface area contributed by atoms with E-state index >= 15 is 0 Å². The molecular formula is C9H16N4. The van der Waals surface area contributed by atoms with Crippen molar-refractivity contribution in [2.45, 2.75) is 39.0 Å². The van der Waals surface area contributed by atoms with Crippen molar-refractivity contribution in [2.75, 3.05) is 5.73 Å². The largest absolute Gasteiger partial charge is 0.367 e. The predicted molar refractivity (Wildman–Crippen MR) is 51.2 cm³/mol. The fraction of sp³-hybridized carbons (Fsp3) is 0.778. The molecule has 1 unspecified atom stereocenters. The molecule has 1 aromatic heterocycles. The number of nitrogens with one attached hydrogen (secondary N) is 1. The molecule has 0 spiro atoms. The zero-order valence-corrected chi connectivity index (χ0v) is 8.17.